The fraction of sp³-hybridized carbons (Fsp3) is 0.818. The molecule has 0 radical (unpaired) electrons. The molecule has 0 bridgehead atoms. The van der Waals surface area contributed by atoms with E-state index in [2.05, 4.69) is 42.7 Å². The molecule has 0 amide bonds. The van der Waals surface area contributed by atoms with Crippen molar-refractivity contribution in [2.24, 2.45) is 0 Å². The van der Waals surface area contributed by atoms with Gasteiger partial charge in [0.25, 0.3) is 0 Å². The molecule has 16 heavy (non-hydrogen) atoms. The molecule has 1 heterocycles. The summed E-state index contributed by atoms with van der Waals surface area (Å²) in [6.45, 7) is 10.2. The summed E-state index contributed by atoms with van der Waals surface area (Å²) in [5.74, 6) is 1.65. The summed E-state index contributed by atoms with van der Waals surface area (Å²) in [5, 5.41) is 4.23. The zero-order valence-corrected chi connectivity index (χ0v) is 11.3. The minimum Gasteiger partial charge on any atom is -0.292 e. The van der Waals surface area contributed by atoms with Crippen LogP contribution in [0.1, 0.15) is 39.6 Å². The highest BCUT2D eigenvalue weighted by atomic mass is 35.5. The summed E-state index contributed by atoms with van der Waals surface area (Å²) >= 11 is 5.80. The molecule has 0 aromatic carbocycles. The topological polar surface area (TPSA) is 34.0 Å². The Bertz CT molecular complexity index is 309. The van der Waals surface area contributed by atoms with Crippen molar-refractivity contribution < 1.29 is 0 Å². The zero-order chi connectivity index (χ0) is 12.1. The molecule has 5 heteroatoms. The Morgan fingerprint density at radius 3 is 2.56 bits per heavy atom. The summed E-state index contributed by atoms with van der Waals surface area (Å²) in [4.78, 5) is 6.61. The first-order chi connectivity index (χ1) is 7.56. The van der Waals surface area contributed by atoms with Crippen molar-refractivity contribution in [1.29, 1.82) is 0 Å². The first-order valence-corrected chi connectivity index (χ1v) is 6.28. The average Bonchev–Trinajstić information content (AvgIpc) is 2.65. The minimum atomic E-state index is 0.350. The second-order valence-electron chi connectivity index (χ2n) is 4.47. The fourth-order valence-corrected chi connectivity index (χ4v) is 1.85. The van der Waals surface area contributed by atoms with Gasteiger partial charge in [0, 0.05) is 24.5 Å². The van der Waals surface area contributed by atoms with Gasteiger partial charge in [-0.25, -0.2) is 9.67 Å². The maximum Gasteiger partial charge on any atom is 0.141 e. The van der Waals surface area contributed by atoms with Crippen LogP contribution in [0.2, 0.25) is 0 Å². The van der Waals surface area contributed by atoms with Crippen LogP contribution in [-0.4, -0.2) is 38.1 Å². The number of aromatic nitrogens is 3. The van der Waals surface area contributed by atoms with Gasteiger partial charge in [-0.1, -0.05) is 0 Å². The molecule has 0 saturated carbocycles. The monoisotopic (exact) mass is 244 g/mol. The van der Waals surface area contributed by atoms with Gasteiger partial charge in [-0.3, -0.25) is 4.90 Å². The van der Waals surface area contributed by atoms with Gasteiger partial charge in [0.15, 0.2) is 0 Å². The van der Waals surface area contributed by atoms with E-state index in [1.807, 2.05) is 4.68 Å². The van der Waals surface area contributed by atoms with Crippen molar-refractivity contribution >= 4 is 11.6 Å². The highest BCUT2D eigenvalue weighted by Gasteiger charge is 2.14. The zero-order valence-electron chi connectivity index (χ0n) is 10.5. The molecule has 0 spiro atoms. The van der Waals surface area contributed by atoms with E-state index in [9.17, 15) is 0 Å². The van der Waals surface area contributed by atoms with E-state index in [4.69, 9.17) is 11.6 Å². The molecule has 0 unspecified atom stereocenters. The Kier molecular flexibility index (Phi) is 5.22. The molecule has 0 N–H and O–H groups in total. The van der Waals surface area contributed by atoms with Crippen molar-refractivity contribution in [3.63, 3.8) is 0 Å². The highest BCUT2D eigenvalue weighted by Crippen LogP contribution is 2.10. The normalized spacial score (nSPS) is 12.0. The quantitative estimate of drug-likeness (QED) is 0.721. The van der Waals surface area contributed by atoms with Gasteiger partial charge in [-0.2, -0.15) is 5.10 Å². The molecule has 1 aromatic heterocycles. The van der Waals surface area contributed by atoms with E-state index in [1.54, 1.807) is 6.33 Å². The molecule has 4 nitrogen and oxygen atoms in total. The maximum absolute atomic E-state index is 5.80. The molecule has 1 rings (SSSR count). The lowest BCUT2D eigenvalue weighted by atomic mass is 10.3. The van der Waals surface area contributed by atoms with Crippen LogP contribution >= 0.6 is 11.6 Å². The molecule has 1 aromatic rings. The smallest absolute Gasteiger partial charge is 0.141 e. The fourth-order valence-electron chi connectivity index (χ4n) is 1.63. The third-order valence-corrected chi connectivity index (χ3v) is 2.75. The molecule has 92 valence electrons. The molecular weight excluding hydrogens is 224 g/mol. The van der Waals surface area contributed by atoms with Crippen LogP contribution in [0.4, 0.5) is 0 Å². The predicted molar refractivity (Wildman–Crippen MR) is 66.7 cm³/mol. The lowest BCUT2D eigenvalue weighted by Crippen LogP contribution is -2.33. The van der Waals surface area contributed by atoms with Gasteiger partial charge >= 0.3 is 0 Å². The molecular formula is C11H21ClN4. The Hall–Kier alpha value is -0.610. The van der Waals surface area contributed by atoms with Gasteiger partial charge in [0.1, 0.15) is 12.2 Å². The SMILES string of the molecule is CC(C)N(CCCl)Cc1ncnn1C(C)C. The molecule has 0 fully saturated rings. The van der Waals surface area contributed by atoms with Crippen molar-refractivity contribution in [3.05, 3.63) is 12.2 Å². The number of hydrogen-bond donors (Lipinski definition) is 0. The second-order valence-corrected chi connectivity index (χ2v) is 4.85. The Balaban J connectivity index is 2.73. The van der Waals surface area contributed by atoms with Gasteiger partial charge in [0.05, 0.1) is 6.54 Å². The van der Waals surface area contributed by atoms with Gasteiger partial charge < -0.3 is 0 Å². The van der Waals surface area contributed by atoms with Crippen LogP contribution in [0.5, 0.6) is 0 Å². The van der Waals surface area contributed by atoms with E-state index in [-0.39, 0.29) is 0 Å². The van der Waals surface area contributed by atoms with Crippen LogP contribution in [0.25, 0.3) is 0 Å². The summed E-state index contributed by atoms with van der Waals surface area (Å²) in [7, 11) is 0. The lowest BCUT2D eigenvalue weighted by molar-refractivity contribution is 0.215. The second kappa shape index (κ2) is 6.21. The lowest BCUT2D eigenvalue weighted by Gasteiger charge is -2.25. The third-order valence-electron chi connectivity index (χ3n) is 2.58. The molecule has 0 saturated heterocycles. The largest absolute Gasteiger partial charge is 0.292 e. The van der Waals surface area contributed by atoms with Crippen LogP contribution in [0, 0.1) is 0 Å². The van der Waals surface area contributed by atoms with Gasteiger partial charge in [-0.15, -0.1) is 11.6 Å². The molecule has 0 aliphatic carbocycles. The van der Waals surface area contributed by atoms with Crippen molar-refractivity contribution in [2.45, 2.75) is 46.3 Å². The Morgan fingerprint density at radius 1 is 1.38 bits per heavy atom. The highest BCUT2D eigenvalue weighted by molar-refractivity contribution is 6.18. The van der Waals surface area contributed by atoms with E-state index < -0.39 is 0 Å². The predicted octanol–water partition coefficient (Wildman–Crippen LogP) is 2.31. The number of rotatable bonds is 6. The summed E-state index contributed by atoms with van der Waals surface area (Å²) in [6.07, 6.45) is 1.62. The van der Waals surface area contributed by atoms with Crippen LogP contribution < -0.4 is 0 Å². The summed E-state index contributed by atoms with van der Waals surface area (Å²) in [6, 6.07) is 0.818. The third kappa shape index (κ3) is 3.46. The van der Waals surface area contributed by atoms with Crippen molar-refractivity contribution in [2.75, 3.05) is 12.4 Å². The maximum atomic E-state index is 5.80. The van der Waals surface area contributed by atoms with E-state index in [1.165, 1.54) is 0 Å². The Labute approximate surface area is 103 Å². The minimum absolute atomic E-state index is 0.350. The molecule has 0 aliphatic rings. The van der Waals surface area contributed by atoms with Crippen molar-refractivity contribution in [3.8, 4) is 0 Å². The van der Waals surface area contributed by atoms with Crippen LogP contribution in [-0.2, 0) is 6.54 Å². The number of hydrogen-bond acceptors (Lipinski definition) is 3. The number of nitrogens with zero attached hydrogens (tertiary/aromatic N) is 4. The first-order valence-electron chi connectivity index (χ1n) is 5.74. The number of halogens is 1. The Morgan fingerprint density at radius 2 is 2.06 bits per heavy atom. The first kappa shape index (κ1) is 13.5. The number of alkyl halides is 1. The van der Waals surface area contributed by atoms with E-state index >= 15 is 0 Å². The van der Waals surface area contributed by atoms with Crippen LogP contribution in [0.3, 0.4) is 0 Å². The molecule has 0 atom stereocenters. The van der Waals surface area contributed by atoms with Crippen LogP contribution in [0.15, 0.2) is 6.33 Å². The van der Waals surface area contributed by atoms with Gasteiger partial charge in [0.2, 0.25) is 0 Å². The van der Waals surface area contributed by atoms with E-state index in [0.717, 1.165) is 18.9 Å². The van der Waals surface area contributed by atoms with Crippen molar-refractivity contribution in [1.82, 2.24) is 19.7 Å². The standard InChI is InChI=1S/C11H21ClN4/c1-9(2)15(6-5-12)7-11-13-8-14-16(11)10(3)4/h8-10H,5-7H2,1-4H3. The van der Waals surface area contributed by atoms with E-state index in [0.29, 0.717) is 18.0 Å². The van der Waals surface area contributed by atoms with Gasteiger partial charge in [-0.05, 0) is 27.7 Å². The summed E-state index contributed by atoms with van der Waals surface area (Å²) in [5.41, 5.74) is 0. The summed E-state index contributed by atoms with van der Waals surface area (Å²) < 4.78 is 1.96. The molecule has 0 aliphatic heterocycles. The average molecular weight is 245 g/mol.